The van der Waals surface area contributed by atoms with Crippen LogP contribution in [0.25, 0.3) is 16.9 Å². The third-order valence-corrected chi connectivity index (χ3v) is 3.98. The molecule has 2 aromatic heterocycles. The standard InChI is InChI=1S/C18H21FN4/c1-21(2)15-6-4-14(5-7-15)17-13-23-10-8-16(12-18(23)20-17)22(3)11-9-19/h4-8,10,12-13H,9,11H2,1-3H3. The van der Waals surface area contributed by atoms with E-state index in [2.05, 4.69) is 34.1 Å². The zero-order chi connectivity index (χ0) is 16.4. The van der Waals surface area contributed by atoms with Gasteiger partial charge in [0.2, 0.25) is 0 Å². The number of hydrogen-bond acceptors (Lipinski definition) is 3. The van der Waals surface area contributed by atoms with Crippen LogP contribution >= 0.6 is 0 Å². The number of pyridine rings is 1. The molecule has 120 valence electrons. The average Bonchev–Trinajstić information content (AvgIpc) is 2.98. The van der Waals surface area contributed by atoms with Crippen molar-refractivity contribution in [1.29, 1.82) is 0 Å². The van der Waals surface area contributed by atoms with E-state index < -0.39 is 0 Å². The van der Waals surface area contributed by atoms with Crippen LogP contribution in [0.1, 0.15) is 0 Å². The zero-order valence-electron chi connectivity index (χ0n) is 13.7. The monoisotopic (exact) mass is 312 g/mol. The first-order valence-electron chi connectivity index (χ1n) is 7.62. The van der Waals surface area contributed by atoms with Gasteiger partial charge in [0.15, 0.2) is 0 Å². The SMILES string of the molecule is CN(C)c1ccc(-c2cn3ccc(N(C)CCF)cc3n2)cc1. The van der Waals surface area contributed by atoms with Gasteiger partial charge in [-0.25, -0.2) is 9.37 Å². The molecule has 3 rings (SSSR count). The summed E-state index contributed by atoms with van der Waals surface area (Å²) >= 11 is 0. The molecule has 1 aromatic carbocycles. The largest absolute Gasteiger partial charge is 0.378 e. The number of fused-ring (bicyclic) bond motifs is 1. The predicted octanol–water partition coefficient (Wildman–Crippen LogP) is 3.47. The van der Waals surface area contributed by atoms with Gasteiger partial charge in [0.25, 0.3) is 0 Å². The molecule has 2 heterocycles. The molecule has 0 atom stereocenters. The van der Waals surface area contributed by atoms with Crippen molar-refractivity contribution >= 4 is 17.0 Å². The Hall–Kier alpha value is -2.56. The lowest BCUT2D eigenvalue weighted by Crippen LogP contribution is -2.19. The van der Waals surface area contributed by atoms with E-state index in [1.807, 2.05) is 55.0 Å². The molecule has 0 amide bonds. The van der Waals surface area contributed by atoms with Gasteiger partial charge in [0.05, 0.1) is 5.69 Å². The molecule has 0 unspecified atom stereocenters. The summed E-state index contributed by atoms with van der Waals surface area (Å²) < 4.78 is 14.5. The van der Waals surface area contributed by atoms with Crippen molar-refractivity contribution in [2.24, 2.45) is 0 Å². The second kappa shape index (κ2) is 6.28. The molecule has 5 heteroatoms. The minimum atomic E-state index is -0.362. The number of rotatable bonds is 5. The smallest absolute Gasteiger partial charge is 0.139 e. The molecule has 4 nitrogen and oxygen atoms in total. The van der Waals surface area contributed by atoms with Gasteiger partial charge < -0.3 is 14.2 Å². The normalized spacial score (nSPS) is 11.0. The van der Waals surface area contributed by atoms with Crippen LogP contribution in [0.3, 0.4) is 0 Å². The second-order valence-corrected chi connectivity index (χ2v) is 5.83. The third-order valence-electron chi connectivity index (χ3n) is 3.98. The molecule has 0 aliphatic heterocycles. The number of alkyl halides is 1. The first kappa shape index (κ1) is 15.3. The third kappa shape index (κ3) is 3.13. The summed E-state index contributed by atoms with van der Waals surface area (Å²) in [6, 6.07) is 12.3. The Kier molecular flexibility index (Phi) is 4.19. The number of anilines is 2. The Morgan fingerprint density at radius 2 is 1.78 bits per heavy atom. The molecule has 3 aromatic rings. The minimum absolute atomic E-state index is 0.362. The fourth-order valence-electron chi connectivity index (χ4n) is 2.53. The molecular weight excluding hydrogens is 291 g/mol. The summed E-state index contributed by atoms with van der Waals surface area (Å²) in [7, 11) is 5.93. The average molecular weight is 312 g/mol. The molecule has 0 saturated carbocycles. The Morgan fingerprint density at radius 3 is 2.43 bits per heavy atom. The van der Waals surface area contributed by atoms with Crippen molar-refractivity contribution in [1.82, 2.24) is 9.38 Å². The van der Waals surface area contributed by atoms with Crippen molar-refractivity contribution < 1.29 is 4.39 Å². The van der Waals surface area contributed by atoms with E-state index >= 15 is 0 Å². The number of aromatic nitrogens is 2. The van der Waals surface area contributed by atoms with E-state index in [1.54, 1.807) is 0 Å². The molecule has 0 fully saturated rings. The van der Waals surface area contributed by atoms with E-state index in [4.69, 9.17) is 0 Å². The Morgan fingerprint density at radius 1 is 1.04 bits per heavy atom. The summed E-state index contributed by atoms with van der Waals surface area (Å²) in [6.45, 7) is 0.0231. The van der Waals surface area contributed by atoms with Gasteiger partial charge in [-0.15, -0.1) is 0 Å². The highest BCUT2D eigenvalue weighted by atomic mass is 19.1. The summed E-state index contributed by atoms with van der Waals surface area (Å²) in [5, 5.41) is 0. The first-order chi connectivity index (χ1) is 11.1. The predicted molar refractivity (Wildman–Crippen MR) is 94.2 cm³/mol. The van der Waals surface area contributed by atoms with Gasteiger partial charge >= 0.3 is 0 Å². The maximum Gasteiger partial charge on any atom is 0.139 e. The molecule has 0 aliphatic rings. The fraction of sp³-hybridized carbons (Fsp3) is 0.278. The molecule has 23 heavy (non-hydrogen) atoms. The van der Waals surface area contributed by atoms with Crippen LogP contribution in [0, 0.1) is 0 Å². The molecule has 0 N–H and O–H groups in total. The maximum absolute atomic E-state index is 12.5. The Balaban J connectivity index is 1.93. The number of imidazole rings is 1. The number of hydrogen-bond donors (Lipinski definition) is 0. The summed E-state index contributed by atoms with van der Waals surface area (Å²) in [5.74, 6) is 0. The topological polar surface area (TPSA) is 23.8 Å². The van der Waals surface area contributed by atoms with Crippen LogP contribution in [0.15, 0.2) is 48.8 Å². The maximum atomic E-state index is 12.5. The van der Waals surface area contributed by atoms with E-state index in [1.165, 1.54) is 0 Å². The van der Waals surface area contributed by atoms with Crippen LogP contribution in [-0.2, 0) is 0 Å². The highest BCUT2D eigenvalue weighted by molar-refractivity contribution is 5.67. The molecule has 0 aliphatic carbocycles. The zero-order valence-corrected chi connectivity index (χ0v) is 13.7. The van der Waals surface area contributed by atoms with Crippen LogP contribution in [0.5, 0.6) is 0 Å². The summed E-state index contributed by atoms with van der Waals surface area (Å²) in [5.41, 5.74) is 5.00. The van der Waals surface area contributed by atoms with Gasteiger partial charge in [0, 0.05) is 63.1 Å². The van der Waals surface area contributed by atoms with Gasteiger partial charge in [-0.3, -0.25) is 0 Å². The lowest BCUT2D eigenvalue weighted by atomic mass is 10.1. The van der Waals surface area contributed by atoms with Gasteiger partial charge in [-0.2, -0.15) is 0 Å². The van der Waals surface area contributed by atoms with E-state index in [9.17, 15) is 4.39 Å². The van der Waals surface area contributed by atoms with Crippen LogP contribution in [0.4, 0.5) is 15.8 Å². The Bertz CT molecular complexity index is 792. The van der Waals surface area contributed by atoms with Crippen molar-refractivity contribution in [2.45, 2.75) is 0 Å². The summed E-state index contributed by atoms with van der Waals surface area (Å²) in [4.78, 5) is 8.65. The Labute approximate surface area is 135 Å². The van der Waals surface area contributed by atoms with E-state index in [-0.39, 0.29) is 6.67 Å². The summed E-state index contributed by atoms with van der Waals surface area (Å²) in [6.07, 6.45) is 3.98. The molecular formula is C18H21FN4. The van der Waals surface area contributed by atoms with Crippen LogP contribution < -0.4 is 9.80 Å². The number of benzene rings is 1. The van der Waals surface area contributed by atoms with Gasteiger partial charge in [-0.1, -0.05) is 12.1 Å². The van der Waals surface area contributed by atoms with E-state index in [0.717, 1.165) is 28.3 Å². The van der Waals surface area contributed by atoms with Gasteiger partial charge in [0.1, 0.15) is 12.3 Å². The van der Waals surface area contributed by atoms with Gasteiger partial charge in [-0.05, 0) is 18.2 Å². The molecule has 0 bridgehead atoms. The van der Waals surface area contributed by atoms with Crippen molar-refractivity contribution in [3.05, 3.63) is 48.8 Å². The van der Waals surface area contributed by atoms with Crippen LogP contribution in [-0.4, -0.2) is 43.7 Å². The minimum Gasteiger partial charge on any atom is -0.378 e. The lowest BCUT2D eigenvalue weighted by Gasteiger charge is -2.17. The molecule has 0 spiro atoms. The highest BCUT2D eigenvalue weighted by Crippen LogP contribution is 2.24. The highest BCUT2D eigenvalue weighted by Gasteiger charge is 2.07. The van der Waals surface area contributed by atoms with Crippen molar-refractivity contribution in [2.75, 3.05) is 44.2 Å². The lowest BCUT2D eigenvalue weighted by molar-refractivity contribution is 0.497. The van der Waals surface area contributed by atoms with Crippen molar-refractivity contribution in [3.63, 3.8) is 0 Å². The quantitative estimate of drug-likeness (QED) is 0.721. The number of halogens is 1. The first-order valence-corrected chi connectivity index (χ1v) is 7.62. The van der Waals surface area contributed by atoms with Crippen LogP contribution in [0.2, 0.25) is 0 Å². The van der Waals surface area contributed by atoms with E-state index in [0.29, 0.717) is 6.54 Å². The second-order valence-electron chi connectivity index (χ2n) is 5.83. The molecule has 0 radical (unpaired) electrons. The number of nitrogens with zero attached hydrogens (tertiary/aromatic N) is 4. The van der Waals surface area contributed by atoms with Crippen molar-refractivity contribution in [3.8, 4) is 11.3 Å². The molecule has 0 saturated heterocycles. The fourth-order valence-corrected chi connectivity index (χ4v) is 2.53.